The van der Waals surface area contributed by atoms with E-state index in [0.717, 1.165) is 16.6 Å². The molecular weight excluding hydrogens is 232 g/mol. The van der Waals surface area contributed by atoms with Gasteiger partial charge in [0.15, 0.2) is 0 Å². The molecule has 0 bridgehead atoms. The predicted octanol–water partition coefficient (Wildman–Crippen LogP) is 2.53. The van der Waals surface area contributed by atoms with E-state index >= 15 is 0 Å². The standard InChI is InChI=1S/C9H9BrN2O/c10-8-5-9(7-12-6-8)13-4-2-1-3-11/h5-7H,1-2,4H2. The Morgan fingerprint density at radius 2 is 2.38 bits per heavy atom. The van der Waals surface area contributed by atoms with Gasteiger partial charge in [0.1, 0.15) is 5.75 Å². The van der Waals surface area contributed by atoms with Crippen molar-refractivity contribution in [1.29, 1.82) is 5.26 Å². The van der Waals surface area contributed by atoms with Crippen molar-refractivity contribution >= 4 is 15.9 Å². The maximum Gasteiger partial charge on any atom is 0.138 e. The third kappa shape index (κ3) is 3.90. The van der Waals surface area contributed by atoms with Crippen LogP contribution in [-0.2, 0) is 0 Å². The van der Waals surface area contributed by atoms with Crippen LogP contribution in [0.5, 0.6) is 5.75 Å². The number of ether oxygens (including phenoxy) is 1. The van der Waals surface area contributed by atoms with Crippen LogP contribution in [0.25, 0.3) is 0 Å². The maximum atomic E-state index is 8.28. The van der Waals surface area contributed by atoms with Gasteiger partial charge in [0, 0.05) is 17.1 Å². The number of nitrogens with zero attached hydrogens (tertiary/aromatic N) is 2. The number of nitriles is 1. The monoisotopic (exact) mass is 240 g/mol. The quantitative estimate of drug-likeness (QED) is 0.761. The van der Waals surface area contributed by atoms with Crippen LogP contribution in [0.15, 0.2) is 22.9 Å². The highest BCUT2D eigenvalue weighted by atomic mass is 79.9. The zero-order valence-corrected chi connectivity index (χ0v) is 8.62. The van der Waals surface area contributed by atoms with Crippen LogP contribution in [0.3, 0.4) is 0 Å². The van der Waals surface area contributed by atoms with Crippen molar-refractivity contribution in [2.24, 2.45) is 0 Å². The molecule has 0 fully saturated rings. The lowest BCUT2D eigenvalue weighted by Gasteiger charge is -2.03. The van der Waals surface area contributed by atoms with E-state index in [0.29, 0.717) is 13.0 Å². The Kier molecular flexibility index (Phi) is 4.27. The number of hydrogen-bond donors (Lipinski definition) is 0. The summed E-state index contributed by atoms with van der Waals surface area (Å²) in [7, 11) is 0. The van der Waals surface area contributed by atoms with Gasteiger partial charge in [0.05, 0.1) is 18.9 Å². The van der Waals surface area contributed by atoms with Gasteiger partial charge in [-0.15, -0.1) is 0 Å². The second kappa shape index (κ2) is 5.55. The van der Waals surface area contributed by atoms with Crippen LogP contribution in [0, 0.1) is 11.3 Å². The number of pyridine rings is 1. The summed E-state index contributed by atoms with van der Waals surface area (Å²) in [4.78, 5) is 3.95. The van der Waals surface area contributed by atoms with Gasteiger partial charge in [0.2, 0.25) is 0 Å². The molecule has 0 spiro atoms. The first-order valence-electron chi connectivity index (χ1n) is 3.93. The second-order valence-electron chi connectivity index (χ2n) is 2.45. The summed E-state index contributed by atoms with van der Waals surface area (Å²) in [6, 6.07) is 3.91. The Balaban J connectivity index is 2.33. The van der Waals surface area contributed by atoms with Crippen LogP contribution in [0.4, 0.5) is 0 Å². The molecule has 68 valence electrons. The van der Waals surface area contributed by atoms with Crippen molar-refractivity contribution in [1.82, 2.24) is 4.98 Å². The molecule has 0 aliphatic carbocycles. The zero-order valence-electron chi connectivity index (χ0n) is 7.03. The van der Waals surface area contributed by atoms with Gasteiger partial charge in [-0.25, -0.2) is 0 Å². The van der Waals surface area contributed by atoms with Gasteiger partial charge < -0.3 is 4.74 Å². The Bertz CT molecular complexity index is 309. The lowest BCUT2D eigenvalue weighted by molar-refractivity contribution is 0.311. The Labute approximate surface area is 85.5 Å². The Hall–Kier alpha value is -1.08. The van der Waals surface area contributed by atoms with E-state index in [1.807, 2.05) is 6.07 Å². The molecular formula is C9H9BrN2O. The maximum absolute atomic E-state index is 8.28. The molecule has 0 aliphatic rings. The smallest absolute Gasteiger partial charge is 0.138 e. The first kappa shape index (κ1) is 10.0. The first-order valence-corrected chi connectivity index (χ1v) is 4.72. The molecule has 0 radical (unpaired) electrons. The van der Waals surface area contributed by atoms with Gasteiger partial charge >= 0.3 is 0 Å². The molecule has 0 aliphatic heterocycles. The van der Waals surface area contributed by atoms with Crippen LogP contribution in [0.1, 0.15) is 12.8 Å². The van der Waals surface area contributed by atoms with Gasteiger partial charge in [-0.05, 0) is 28.4 Å². The molecule has 1 heterocycles. The molecule has 0 N–H and O–H groups in total. The van der Waals surface area contributed by atoms with Gasteiger partial charge in [-0.3, -0.25) is 4.98 Å². The van der Waals surface area contributed by atoms with E-state index in [1.165, 1.54) is 0 Å². The molecule has 0 saturated carbocycles. The number of rotatable bonds is 4. The summed E-state index contributed by atoms with van der Waals surface area (Å²) in [5.41, 5.74) is 0. The van der Waals surface area contributed by atoms with E-state index in [-0.39, 0.29) is 0 Å². The lowest BCUT2D eigenvalue weighted by Crippen LogP contribution is -1.96. The van der Waals surface area contributed by atoms with Crippen molar-refractivity contribution < 1.29 is 4.74 Å². The molecule has 1 aromatic rings. The summed E-state index contributed by atoms with van der Waals surface area (Å²) >= 11 is 3.29. The Morgan fingerprint density at radius 3 is 3.08 bits per heavy atom. The van der Waals surface area contributed by atoms with E-state index in [4.69, 9.17) is 10.00 Å². The van der Waals surface area contributed by atoms with Crippen LogP contribution < -0.4 is 4.74 Å². The van der Waals surface area contributed by atoms with E-state index < -0.39 is 0 Å². The molecule has 13 heavy (non-hydrogen) atoms. The third-order valence-corrected chi connectivity index (χ3v) is 1.82. The zero-order chi connectivity index (χ0) is 9.52. The molecule has 3 nitrogen and oxygen atoms in total. The van der Waals surface area contributed by atoms with Crippen LogP contribution >= 0.6 is 15.9 Å². The van der Waals surface area contributed by atoms with E-state index in [2.05, 4.69) is 27.0 Å². The predicted molar refractivity (Wildman–Crippen MR) is 52.3 cm³/mol. The summed E-state index contributed by atoms with van der Waals surface area (Å²) in [6.45, 7) is 0.561. The average Bonchev–Trinajstić information content (AvgIpc) is 2.13. The fourth-order valence-electron chi connectivity index (χ4n) is 0.813. The van der Waals surface area contributed by atoms with E-state index in [1.54, 1.807) is 12.4 Å². The molecule has 0 unspecified atom stereocenters. The van der Waals surface area contributed by atoms with E-state index in [9.17, 15) is 0 Å². The molecule has 4 heteroatoms. The lowest BCUT2D eigenvalue weighted by atomic mass is 10.3. The molecule has 0 saturated heterocycles. The van der Waals surface area contributed by atoms with Crippen molar-refractivity contribution in [3.63, 3.8) is 0 Å². The second-order valence-corrected chi connectivity index (χ2v) is 3.36. The Morgan fingerprint density at radius 1 is 1.54 bits per heavy atom. The first-order chi connectivity index (χ1) is 6.33. The van der Waals surface area contributed by atoms with Crippen molar-refractivity contribution in [3.8, 4) is 11.8 Å². The number of halogens is 1. The van der Waals surface area contributed by atoms with Crippen molar-refractivity contribution in [2.45, 2.75) is 12.8 Å². The number of aromatic nitrogens is 1. The van der Waals surface area contributed by atoms with Crippen molar-refractivity contribution in [3.05, 3.63) is 22.9 Å². The molecule has 0 aromatic carbocycles. The molecule has 1 aromatic heterocycles. The minimum absolute atomic E-state index is 0.529. The van der Waals surface area contributed by atoms with Crippen LogP contribution in [-0.4, -0.2) is 11.6 Å². The summed E-state index contributed by atoms with van der Waals surface area (Å²) in [5, 5.41) is 8.28. The summed E-state index contributed by atoms with van der Waals surface area (Å²) in [5.74, 6) is 0.729. The van der Waals surface area contributed by atoms with Gasteiger partial charge in [0.25, 0.3) is 0 Å². The normalized spacial score (nSPS) is 9.23. The minimum Gasteiger partial charge on any atom is -0.492 e. The molecule has 0 amide bonds. The van der Waals surface area contributed by atoms with Crippen LogP contribution in [0.2, 0.25) is 0 Å². The van der Waals surface area contributed by atoms with Crippen molar-refractivity contribution in [2.75, 3.05) is 6.61 Å². The number of hydrogen-bond acceptors (Lipinski definition) is 3. The summed E-state index contributed by atoms with van der Waals surface area (Å²) in [6.07, 6.45) is 4.63. The molecule has 1 rings (SSSR count). The highest BCUT2D eigenvalue weighted by Crippen LogP contribution is 2.15. The highest BCUT2D eigenvalue weighted by molar-refractivity contribution is 9.10. The summed E-state index contributed by atoms with van der Waals surface area (Å²) < 4.78 is 6.24. The molecule has 0 atom stereocenters. The third-order valence-electron chi connectivity index (χ3n) is 1.38. The topological polar surface area (TPSA) is 45.9 Å². The average molecular weight is 241 g/mol. The fourth-order valence-corrected chi connectivity index (χ4v) is 1.16. The largest absolute Gasteiger partial charge is 0.492 e. The highest BCUT2D eigenvalue weighted by Gasteiger charge is 1.94. The minimum atomic E-state index is 0.529. The number of unbranched alkanes of at least 4 members (excludes halogenated alkanes) is 1. The van der Waals surface area contributed by atoms with Gasteiger partial charge in [-0.2, -0.15) is 5.26 Å². The van der Waals surface area contributed by atoms with Gasteiger partial charge in [-0.1, -0.05) is 0 Å². The fraction of sp³-hybridized carbons (Fsp3) is 0.333. The SMILES string of the molecule is N#CCCCOc1cncc(Br)c1.